The molecule has 0 fully saturated rings. The first-order chi connectivity index (χ1) is 6.49. The van der Waals surface area contributed by atoms with Gasteiger partial charge in [0.25, 0.3) is 5.56 Å². The lowest BCUT2D eigenvalue weighted by atomic mass is 10.1. The first-order valence-corrected chi connectivity index (χ1v) is 4.57. The van der Waals surface area contributed by atoms with Crippen LogP contribution in [0.4, 0.5) is 5.95 Å². The number of nitrogens with zero attached hydrogens (tertiary/aromatic N) is 1. The van der Waals surface area contributed by atoms with Crippen molar-refractivity contribution in [2.45, 2.75) is 19.8 Å². The fourth-order valence-electron chi connectivity index (χ4n) is 0.948. The predicted molar refractivity (Wildman–Crippen MR) is 59.4 cm³/mol. The highest BCUT2D eigenvalue weighted by atomic mass is 32.1. The number of H-pyrrole nitrogens is 1. The second kappa shape index (κ2) is 4.19. The Labute approximate surface area is 86.7 Å². The molecule has 14 heavy (non-hydrogen) atoms. The van der Waals surface area contributed by atoms with Gasteiger partial charge in [0.05, 0.1) is 5.69 Å². The number of hydrogen-bond acceptors (Lipinski definition) is 3. The number of aromatic amines is 1. The largest absolute Gasteiger partial charge is 0.376 e. The van der Waals surface area contributed by atoms with E-state index in [9.17, 15) is 4.79 Å². The number of aromatic nitrogens is 2. The zero-order chi connectivity index (χ0) is 10.7. The van der Waals surface area contributed by atoms with E-state index in [1.807, 2.05) is 13.8 Å². The molecular weight excluding hydrogens is 200 g/mol. The second-order valence-electron chi connectivity index (χ2n) is 3.16. The summed E-state index contributed by atoms with van der Waals surface area (Å²) in [6.07, 6.45) is 0. The van der Waals surface area contributed by atoms with Crippen LogP contribution >= 0.6 is 12.2 Å². The molecule has 0 bridgehead atoms. The Bertz CT molecular complexity index is 399. The molecule has 0 amide bonds. The van der Waals surface area contributed by atoms with E-state index in [0.717, 1.165) is 0 Å². The maximum Gasteiger partial charge on any atom is 0.252 e. The van der Waals surface area contributed by atoms with E-state index in [2.05, 4.69) is 27.5 Å². The van der Waals surface area contributed by atoms with Crippen molar-refractivity contribution in [2.24, 2.45) is 5.73 Å². The molecule has 0 spiro atoms. The highest BCUT2D eigenvalue weighted by Gasteiger charge is 2.04. The Kier molecular flexibility index (Phi) is 3.19. The number of hydrogen-bond donors (Lipinski definition) is 3. The van der Waals surface area contributed by atoms with Gasteiger partial charge in [0, 0.05) is 6.07 Å². The van der Waals surface area contributed by atoms with Crippen molar-refractivity contribution in [2.75, 3.05) is 5.32 Å². The molecule has 0 aliphatic heterocycles. The van der Waals surface area contributed by atoms with Crippen LogP contribution in [-0.4, -0.2) is 15.1 Å². The Morgan fingerprint density at radius 1 is 1.71 bits per heavy atom. The summed E-state index contributed by atoms with van der Waals surface area (Å²) in [5, 5.41) is 2.66. The standard InChI is InChI=1S/C8H12N4OS/c1-4(2)5-3-6(13)11-8(10-5)12-7(9)14/h3-4H,1-2H3,(H4,9,10,11,12,13,14). The smallest absolute Gasteiger partial charge is 0.252 e. The van der Waals surface area contributed by atoms with E-state index in [0.29, 0.717) is 5.69 Å². The van der Waals surface area contributed by atoms with Crippen LogP contribution in [0.25, 0.3) is 0 Å². The number of thiocarbonyl (C=S) groups is 1. The highest BCUT2D eigenvalue weighted by molar-refractivity contribution is 7.80. The van der Waals surface area contributed by atoms with Gasteiger partial charge in [0.1, 0.15) is 0 Å². The number of nitrogens with one attached hydrogen (secondary N) is 2. The normalized spacial score (nSPS) is 10.2. The molecule has 0 saturated carbocycles. The summed E-state index contributed by atoms with van der Waals surface area (Å²) < 4.78 is 0. The summed E-state index contributed by atoms with van der Waals surface area (Å²) in [4.78, 5) is 17.8. The molecule has 1 aromatic rings. The van der Waals surface area contributed by atoms with E-state index in [-0.39, 0.29) is 22.5 Å². The van der Waals surface area contributed by atoms with Crippen LogP contribution in [0.2, 0.25) is 0 Å². The molecule has 76 valence electrons. The minimum Gasteiger partial charge on any atom is -0.376 e. The third-order valence-electron chi connectivity index (χ3n) is 1.59. The lowest BCUT2D eigenvalue weighted by Crippen LogP contribution is -2.23. The van der Waals surface area contributed by atoms with Gasteiger partial charge in [-0.15, -0.1) is 0 Å². The molecule has 0 aliphatic rings. The van der Waals surface area contributed by atoms with Crippen LogP contribution in [-0.2, 0) is 0 Å². The Hall–Kier alpha value is -1.43. The van der Waals surface area contributed by atoms with Crippen molar-refractivity contribution in [3.05, 3.63) is 22.1 Å². The van der Waals surface area contributed by atoms with E-state index in [4.69, 9.17) is 5.73 Å². The first-order valence-electron chi connectivity index (χ1n) is 4.16. The van der Waals surface area contributed by atoms with Crippen LogP contribution in [0.5, 0.6) is 0 Å². The summed E-state index contributed by atoms with van der Waals surface area (Å²) >= 11 is 4.63. The fourth-order valence-corrected chi connectivity index (χ4v) is 1.04. The van der Waals surface area contributed by atoms with Gasteiger partial charge in [-0.1, -0.05) is 13.8 Å². The molecular formula is C8H12N4OS. The van der Waals surface area contributed by atoms with Crippen LogP contribution in [0.3, 0.4) is 0 Å². The van der Waals surface area contributed by atoms with Crippen LogP contribution in [0.15, 0.2) is 10.9 Å². The third-order valence-corrected chi connectivity index (χ3v) is 1.70. The maximum absolute atomic E-state index is 11.2. The maximum atomic E-state index is 11.2. The average molecular weight is 212 g/mol. The van der Waals surface area contributed by atoms with Gasteiger partial charge < -0.3 is 11.1 Å². The minimum atomic E-state index is -0.220. The van der Waals surface area contributed by atoms with Gasteiger partial charge in [-0.05, 0) is 18.1 Å². The molecule has 1 aromatic heterocycles. The Morgan fingerprint density at radius 2 is 2.36 bits per heavy atom. The van der Waals surface area contributed by atoms with E-state index >= 15 is 0 Å². The van der Waals surface area contributed by atoms with Crippen molar-refractivity contribution >= 4 is 23.3 Å². The number of anilines is 1. The molecule has 4 N–H and O–H groups in total. The van der Waals surface area contributed by atoms with Crippen LogP contribution in [0.1, 0.15) is 25.5 Å². The van der Waals surface area contributed by atoms with Crippen molar-refractivity contribution < 1.29 is 0 Å². The monoisotopic (exact) mass is 212 g/mol. The topological polar surface area (TPSA) is 83.8 Å². The van der Waals surface area contributed by atoms with Gasteiger partial charge in [-0.3, -0.25) is 9.78 Å². The lowest BCUT2D eigenvalue weighted by molar-refractivity contribution is 0.813. The average Bonchev–Trinajstić information content (AvgIpc) is 2.01. The van der Waals surface area contributed by atoms with E-state index < -0.39 is 0 Å². The number of rotatable bonds is 2. The predicted octanol–water partition coefficient (Wildman–Crippen LogP) is 0.549. The third kappa shape index (κ3) is 2.81. The summed E-state index contributed by atoms with van der Waals surface area (Å²) in [5.74, 6) is 0.470. The molecule has 1 rings (SSSR count). The SMILES string of the molecule is CC(C)c1cc(=O)[nH]c(NC(N)=S)n1. The zero-order valence-corrected chi connectivity index (χ0v) is 8.81. The second-order valence-corrected chi connectivity index (χ2v) is 3.60. The summed E-state index contributed by atoms with van der Waals surface area (Å²) in [6, 6.07) is 1.45. The molecule has 0 aliphatic carbocycles. The summed E-state index contributed by atoms with van der Waals surface area (Å²) in [7, 11) is 0. The van der Waals surface area contributed by atoms with Gasteiger partial charge >= 0.3 is 0 Å². The highest BCUT2D eigenvalue weighted by Crippen LogP contribution is 2.09. The first kappa shape index (κ1) is 10.6. The van der Waals surface area contributed by atoms with Crippen molar-refractivity contribution in [1.82, 2.24) is 9.97 Å². The number of nitrogens with two attached hydrogens (primary N) is 1. The summed E-state index contributed by atoms with van der Waals surface area (Å²) in [6.45, 7) is 3.90. The van der Waals surface area contributed by atoms with Gasteiger partial charge in [0.2, 0.25) is 5.95 Å². The van der Waals surface area contributed by atoms with Gasteiger partial charge in [-0.25, -0.2) is 4.98 Å². The van der Waals surface area contributed by atoms with Crippen LogP contribution < -0.4 is 16.6 Å². The van der Waals surface area contributed by atoms with Crippen molar-refractivity contribution in [3.63, 3.8) is 0 Å². The molecule has 6 heteroatoms. The summed E-state index contributed by atoms with van der Waals surface area (Å²) in [5.41, 5.74) is 5.74. The Morgan fingerprint density at radius 3 is 2.86 bits per heavy atom. The molecule has 0 unspecified atom stereocenters. The van der Waals surface area contributed by atoms with Crippen LogP contribution in [0, 0.1) is 0 Å². The van der Waals surface area contributed by atoms with Crippen molar-refractivity contribution in [3.8, 4) is 0 Å². The zero-order valence-electron chi connectivity index (χ0n) is 8.00. The molecule has 0 radical (unpaired) electrons. The fraction of sp³-hybridized carbons (Fsp3) is 0.375. The lowest BCUT2D eigenvalue weighted by Gasteiger charge is -2.06. The molecule has 0 saturated heterocycles. The van der Waals surface area contributed by atoms with E-state index in [1.54, 1.807) is 0 Å². The quantitative estimate of drug-likeness (QED) is 0.623. The van der Waals surface area contributed by atoms with Gasteiger partial charge in [0.15, 0.2) is 5.11 Å². The minimum absolute atomic E-state index is 0.0778. The molecule has 5 nitrogen and oxygen atoms in total. The van der Waals surface area contributed by atoms with E-state index in [1.165, 1.54) is 6.07 Å². The Balaban J connectivity index is 3.07. The molecule has 1 heterocycles. The van der Waals surface area contributed by atoms with Gasteiger partial charge in [-0.2, -0.15) is 0 Å². The molecule has 0 atom stereocenters. The molecule has 0 aromatic carbocycles. The van der Waals surface area contributed by atoms with Crippen molar-refractivity contribution in [1.29, 1.82) is 0 Å².